The van der Waals surface area contributed by atoms with Crippen LogP contribution < -0.4 is 0 Å². The summed E-state index contributed by atoms with van der Waals surface area (Å²) in [6.07, 6.45) is 3.43. The number of amides is 1. The van der Waals surface area contributed by atoms with E-state index in [2.05, 4.69) is 18.7 Å². The highest BCUT2D eigenvalue weighted by atomic mass is 32.2. The summed E-state index contributed by atoms with van der Waals surface area (Å²) >= 11 is 0. The smallest absolute Gasteiger partial charge is 0.410 e. The molecule has 0 radical (unpaired) electrons. The zero-order chi connectivity index (χ0) is 17.0. The Kier molecular flexibility index (Phi) is 6.27. The standard InChI is InChI=1S/C15H28N2O5S/c1-12(2)16-7-4-13(5-8-16)6-9-17-10-14(22-15(17)18)11-21-23(3,19)20/h12-14H,4-11H2,1-3H3. The molecule has 1 atom stereocenters. The fraction of sp³-hybridized carbons (Fsp3) is 0.933. The molecule has 0 aliphatic carbocycles. The van der Waals surface area contributed by atoms with Crippen molar-refractivity contribution >= 4 is 16.2 Å². The summed E-state index contributed by atoms with van der Waals surface area (Å²) in [5, 5.41) is 0. The normalized spacial score (nSPS) is 24.4. The predicted octanol–water partition coefficient (Wildman–Crippen LogP) is 1.29. The van der Waals surface area contributed by atoms with Gasteiger partial charge in [0.15, 0.2) is 0 Å². The minimum atomic E-state index is -3.50. The van der Waals surface area contributed by atoms with E-state index in [-0.39, 0.29) is 12.7 Å². The van der Waals surface area contributed by atoms with Gasteiger partial charge in [0.2, 0.25) is 0 Å². The molecule has 0 saturated carbocycles. The van der Waals surface area contributed by atoms with Crippen LogP contribution in [0.3, 0.4) is 0 Å². The third-order valence-corrected chi connectivity index (χ3v) is 5.17. The number of piperidine rings is 1. The van der Waals surface area contributed by atoms with Gasteiger partial charge in [0.1, 0.15) is 12.7 Å². The summed E-state index contributed by atoms with van der Waals surface area (Å²) in [7, 11) is -3.50. The van der Waals surface area contributed by atoms with E-state index in [1.54, 1.807) is 4.90 Å². The summed E-state index contributed by atoms with van der Waals surface area (Å²) in [6, 6.07) is 0.597. The third-order valence-electron chi connectivity index (χ3n) is 4.60. The van der Waals surface area contributed by atoms with Gasteiger partial charge in [0, 0.05) is 12.6 Å². The third kappa shape index (κ3) is 5.93. The molecule has 0 aromatic rings. The van der Waals surface area contributed by atoms with Gasteiger partial charge in [-0.3, -0.25) is 4.18 Å². The second kappa shape index (κ2) is 7.81. The monoisotopic (exact) mass is 348 g/mol. The lowest BCUT2D eigenvalue weighted by Gasteiger charge is -2.35. The number of cyclic esters (lactones) is 1. The van der Waals surface area contributed by atoms with Crippen LogP contribution in [0, 0.1) is 5.92 Å². The molecule has 0 aromatic heterocycles. The Bertz CT molecular complexity index is 500. The summed E-state index contributed by atoms with van der Waals surface area (Å²) in [6.45, 7) is 7.65. The molecule has 134 valence electrons. The highest BCUT2D eigenvalue weighted by molar-refractivity contribution is 7.85. The molecule has 8 heteroatoms. The maximum Gasteiger partial charge on any atom is 0.410 e. The van der Waals surface area contributed by atoms with E-state index in [1.165, 1.54) is 12.8 Å². The summed E-state index contributed by atoms with van der Waals surface area (Å²) in [5.74, 6) is 0.643. The molecule has 2 aliphatic heterocycles. The first-order valence-corrected chi connectivity index (χ1v) is 10.1. The zero-order valence-electron chi connectivity index (χ0n) is 14.2. The molecule has 2 aliphatic rings. The van der Waals surface area contributed by atoms with Crippen LogP contribution in [0.5, 0.6) is 0 Å². The van der Waals surface area contributed by atoms with Crippen molar-refractivity contribution in [3.63, 3.8) is 0 Å². The quantitative estimate of drug-likeness (QED) is 0.646. The topological polar surface area (TPSA) is 76.2 Å². The van der Waals surface area contributed by atoms with Crippen molar-refractivity contribution in [2.24, 2.45) is 5.92 Å². The zero-order valence-corrected chi connectivity index (χ0v) is 15.0. The number of likely N-dealkylation sites (tertiary alicyclic amines) is 1. The number of rotatable bonds is 7. The summed E-state index contributed by atoms with van der Waals surface area (Å²) in [4.78, 5) is 16.0. The van der Waals surface area contributed by atoms with Crippen LogP contribution in [0.25, 0.3) is 0 Å². The van der Waals surface area contributed by atoms with E-state index < -0.39 is 16.2 Å². The molecule has 2 heterocycles. The van der Waals surface area contributed by atoms with E-state index in [1.807, 2.05) is 0 Å². The van der Waals surface area contributed by atoms with Crippen molar-refractivity contribution in [2.45, 2.75) is 45.3 Å². The van der Waals surface area contributed by atoms with Crippen molar-refractivity contribution in [1.29, 1.82) is 0 Å². The predicted molar refractivity (Wildman–Crippen MR) is 86.7 cm³/mol. The second-order valence-electron chi connectivity index (χ2n) is 6.80. The number of nitrogens with zero attached hydrogens (tertiary/aromatic N) is 2. The largest absolute Gasteiger partial charge is 0.442 e. The molecule has 0 bridgehead atoms. The van der Waals surface area contributed by atoms with Crippen molar-refractivity contribution in [3.8, 4) is 0 Å². The fourth-order valence-corrected chi connectivity index (χ4v) is 3.54. The van der Waals surface area contributed by atoms with Gasteiger partial charge in [-0.05, 0) is 52.1 Å². The van der Waals surface area contributed by atoms with Gasteiger partial charge in [-0.15, -0.1) is 0 Å². The van der Waals surface area contributed by atoms with Gasteiger partial charge < -0.3 is 14.5 Å². The van der Waals surface area contributed by atoms with Crippen LogP contribution in [-0.2, 0) is 19.0 Å². The minimum absolute atomic E-state index is 0.103. The molecular weight excluding hydrogens is 320 g/mol. The van der Waals surface area contributed by atoms with Gasteiger partial charge in [-0.2, -0.15) is 8.42 Å². The number of ether oxygens (including phenoxy) is 1. The van der Waals surface area contributed by atoms with Crippen molar-refractivity contribution in [2.75, 3.05) is 39.0 Å². The Hall–Kier alpha value is -0.860. The highest BCUT2D eigenvalue weighted by Gasteiger charge is 2.32. The maximum absolute atomic E-state index is 11.8. The highest BCUT2D eigenvalue weighted by Crippen LogP contribution is 2.23. The van der Waals surface area contributed by atoms with Gasteiger partial charge in [0.25, 0.3) is 10.1 Å². The van der Waals surface area contributed by atoms with Crippen molar-refractivity contribution < 1.29 is 22.1 Å². The van der Waals surface area contributed by atoms with E-state index in [0.29, 0.717) is 25.0 Å². The van der Waals surface area contributed by atoms with Gasteiger partial charge >= 0.3 is 6.09 Å². The van der Waals surface area contributed by atoms with Crippen LogP contribution in [0.1, 0.15) is 33.1 Å². The SMILES string of the molecule is CC(C)N1CCC(CCN2CC(COS(C)(=O)=O)OC2=O)CC1. The minimum Gasteiger partial charge on any atom is -0.442 e. The van der Waals surface area contributed by atoms with Crippen molar-refractivity contribution in [3.05, 3.63) is 0 Å². The molecule has 0 spiro atoms. The average molecular weight is 348 g/mol. The van der Waals surface area contributed by atoms with Crippen molar-refractivity contribution in [1.82, 2.24) is 9.80 Å². The molecule has 23 heavy (non-hydrogen) atoms. The maximum atomic E-state index is 11.8. The van der Waals surface area contributed by atoms with E-state index >= 15 is 0 Å². The Labute approximate surface area is 139 Å². The second-order valence-corrected chi connectivity index (χ2v) is 8.45. The average Bonchev–Trinajstić information content (AvgIpc) is 2.83. The van der Waals surface area contributed by atoms with Gasteiger partial charge in [-0.1, -0.05) is 0 Å². The van der Waals surface area contributed by atoms with Crippen LogP contribution >= 0.6 is 0 Å². The first-order chi connectivity index (χ1) is 10.7. The van der Waals surface area contributed by atoms with Crippen LogP contribution in [-0.4, -0.2) is 75.5 Å². The van der Waals surface area contributed by atoms with Crippen LogP contribution in [0.4, 0.5) is 4.79 Å². The number of hydrogen-bond donors (Lipinski definition) is 0. The van der Waals surface area contributed by atoms with E-state index in [4.69, 9.17) is 8.92 Å². The number of hydrogen-bond acceptors (Lipinski definition) is 6. The molecular formula is C15H28N2O5S. The van der Waals surface area contributed by atoms with Crippen LogP contribution in [0.2, 0.25) is 0 Å². The lowest BCUT2D eigenvalue weighted by molar-refractivity contribution is 0.104. The number of carbonyl (C=O) groups excluding carboxylic acids is 1. The first-order valence-electron chi connectivity index (χ1n) is 8.28. The van der Waals surface area contributed by atoms with Crippen LogP contribution in [0.15, 0.2) is 0 Å². The molecule has 7 nitrogen and oxygen atoms in total. The Morgan fingerprint density at radius 2 is 1.96 bits per heavy atom. The first kappa shape index (κ1) is 18.5. The van der Waals surface area contributed by atoms with Gasteiger partial charge in [-0.25, -0.2) is 4.79 Å². The molecule has 1 amide bonds. The van der Waals surface area contributed by atoms with Gasteiger partial charge in [0.05, 0.1) is 12.8 Å². The molecule has 2 fully saturated rings. The lowest BCUT2D eigenvalue weighted by atomic mass is 9.93. The molecule has 0 N–H and O–H groups in total. The Morgan fingerprint density at radius 1 is 1.30 bits per heavy atom. The molecule has 0 aromatic carbocycles. The molecule has 1 unspecified atom stereocenters. The Balaban J connectivity index is 1.69. The molecule has 2 saturated heterocycles. The van der Waals surface area contributed by atoms with E-state index in [9.17, 15) is 13.2 Å². The summed E-state index contributed by atoms with van der Waals surface area (Å²) in [5.41, 5.74) is 0. The lowest BCUT2D eigenvalue weighted by Crippen LogP contribution is -2.39. The Morgan fingerprint density at radius 3 is 2.52 bits per heavy atom. The number of carbonyl (C=O) groups is 1. The summed E-state index contributed by atoms with van der Waals surface area (Å²) < 4.78 is 31.8. The molecule has 2 rings (SSSR count). The fourth-order valence-electron chi connectivity index (χ4n) is 3.14. The van der Waals surface area contributed by atoms with E-state index in [0.717, 1.165) is 25.8 Å².